The number of sulfonamides is 1. The van der Waals surface area contributed by atoms with Crippen molar-refractivity contribution in [1.29, 1.82) is 0 Å². The summed E-state index contributed by atoms with van der Waals surface area (Å²) in [6.45, 7) is 6.43. The highest BCUT2D eigenvalue weighted by Crippen LogP contribution is 2.24. The molecule has 2 amide bonds. The molecule has 7 nitrogen and oxygen atoms in total. The predicted molar refractivity (Wildman–Crippen MR) is 140 cm³/mol. The molecule has 0 fully saturated rings. The van der Waals surface area contributed by atoms with E-state index in [0.717, 1.165) is 0 Å². The van der Waals surface area contributed by atoms with Crippen LogP contribution in [0.5, 0.6) is 0 Å². The Balaban J connectivity index is 2.11. The summed E-state index contributed by atoms with van der Waals surface area (Å²) in [5, 5.41) is 3.74. The molecular formula is C25H33Cl2N3O4S. The SMILES string of the molecule is CC(C)CNC(=O)[C@@H](C)N(Cc1ccc(Cl)cc1Cl)C(=O)CCCN(C)S(=O)(=O)c1ccccc1. The number of hydrogen-bond donors (Lipinski definition) is 1. The summed E-state index contributed by atoms with van der Waals surface area (Å²) in [4.78, 5) is 27.6. The minimum atomic E-state index is -3.65. The molecule has 0 aliphatic heterocycles. The van der Waals surface area contributed by atoms with Crippen LogP contribution in [0.25, 0.3) is 0 Å². The normalized spacial score (nSPS) is 12.6. The standard InChI is InChI=1S/C25H33Cl2N3O4S/c1-18(2)16-28-25(32)19(3)30(17-20-12-13-21(26)15-23(20)27)24(31)11-8-14-29(4)35(33,34)22-9-6-5-7-10-22/h5-7,9-10,12-13,15,18-19H,8,11,14,16-17H2,1-4H3,(H,28,32)/t19-/m1/s1. The van der Waals surface area contributed by atoms with E-state index in [-0.39, 0.29) is 42.1 Å². The summed E-state index contributed by atoms with van der Waals surface area (Å²) in [7, 11) is -2.16. The number of rotatable bonds is 12. The maximum Gasteiger partial charge on any atom is 0.242 e. The highest BCUT2D eigenvalue weighted by molar-refractivity contribution is 7.89. The molecule has 0 aromatic heterocycles. The average Bonchev–Trinajstić information content (AvgIpc) is 2.81. The fraction of sp³-hybridized carbons (Fsp3) is 0.440. The smallest absolute Gasteiger partial charge is 0.242 e. The van der Waals surface area contributed by atoms with Gasteiger partial charge in [0.15, 0.2) is 0 Å². The van der Waals surface area contributed by atoms with Gasteiger partial charge in [0, 0.05) is 43.1 Å². The first-order chi connectivity index (χ1) is 16.4. The molecule has 0 bridgehead atoms. The fourth-order valence-corrected chi connectivity index (χ4v) is 5.06. The summed E-state index contributed by atoms with van der Waals surface area (Å²) in [6.07, 6.45) is 0.369. The van der Waals surface area contributed by atoms with Gasteiger partial charge in [-0.25, -0.2) is 12.7 Å². The molecule has 10 heteroatoms. The first kappa shape index (κ1) is 29.1. The monoisotopic (exact) mass is 541 g/mol. The Hall–Kier alpha value is -2.13. The van der Waals surface area contributed by atoms with E-state index in [1.165, 1.54) is 28.4 Å². The average molecular weight is 543 g/mol. The van der Waals surface area contributed by atoms with Crippen molar-refractivity contribution in [3.63, 3.8) is 0 Å². The van der Waals surface area contributed by atoms with E-state index in [1.807, 2.05) is 13.8 Å². The summed E-state index contributed by atoms with van der Waals surface area (Å²) in [6, 6.07) is 12.4. The van der Waals surface area contributed by atoms with Gasteiger partial charge in [-0.1, -0.05) is 61.3 Å². The second kappa shape index (κ2) is 13.3. The van der Waals surface area contributed by atoms with Gasteiger partial charge in [0.25, 0.3) is 0 Å². The van der Waals surface area contributed by atoms with Gasteiger partial charge in [-0.3, -0.25) is 9.59 Å². The van der Waals surface area contributed by atoms with Crippen LogP contribution in [0.2, 0.25) is 10.0 Å². The number of carbonyl (C=O) groups is 2. The van der Waals surface area contributed by atoms with E-state index in [1.54, 1.807) is 43.3 Å². The number of nitrogens with zero attached hydrogens (tertiary/aromatic N) is 2. The molecule has 2 aromatic rings. The Labute approximate surface area is 218 Å². The zero-order valence-corrected chi connectivity index (χ0v) is 22.8. The van der Waals surface area contributed by atoms with Crippen molar-refractivity contribution in [2.24, 2.45) is 5.92 Å². The summed E-state index contributed by atoms with van der Waals surface area (Å²) in [5.74, 6) is -0.266. The van der Waals surface area contributed by atoms with Crippen LogP contribution in [0.3, 0.4) is 0 Å². The van der Waals surface area contributed by atoms with Crippen LogP contribution < -0.4 is 5.32 Å². The van der Waals surface area contributed by atoms with Crippen molar-refractivity contribution in [1.82, 2.24) is 14.5 Å². The third-order valence-electron chi connectivity index (χ3n) is 5.52. The third kappa shape index (κ3) is 8.49. The Bertz CT molecular complexity index is 1110. The second-order valence-corrected chi connectivity index (χ2v) is 11.7. The van der Waals surface area contributed by atoms with Crippen LogP contribution in [0.4, 0.5) is 0 Å². The van der Waals surface area contributed by atoms with Crippen molar-refractivity contribution >= 4 is 45.0 Å². The minimum absolute atomic E-state index is 0.0711. The fourth-order valence-electron chi connectivity index (χ4n) is 3.36. The largest absolute Gasteiger partial charge is 0.354 e. The molecule has 0 aliphatic carbocycles. The van der Waals surface area contributed by atoms with Gasteiger partial charge in [-0.2, -0.15) is 0 Å². The lowest BCUT2D eigenvalue weighted by molar-refractivity contribution is -0.140. The van der Waals surface area contributed by atoms with Gasteiger partial charge in [0.1, 0.15) is 6.04 Å². The van der Waals surface area contributed by atoms with E-state index in [9.17, 15) is 18.0 Å². The van der Waals surface area contributed by atoms with Gasteiger partial charge in [0.2, 0.25) is 21.8 Å². The Kier molecular flexibility index (Phi) is 11.0. The van der Waals surface area contributed by atoms with E-state index < -0.39 is 16.1 Å². The lowest BCUT2D eigenvalue weighted by Crippen LogP contribution is -2.48. The molecule has 0 unspecified atom stereocenters. The molecular weight excluding hydrogens is 509 g/mol. The molecule has 0 radical (unpaired) electrons. The zero-order chi connectivity index (χ0) is 26.2. The van der Waals surface area contributed by atoms with Gasteiger partial charge in [-0.05, 0) is 49.1 Å². The number of halogens is 2. The Morgan fingerprint density at radius 3 is 2.29 bits per heavy atom. The van der Waals surface area contributed by atoms with Crippen molar-refractivity contribution in [2.75, 3.05) is 20.1 Å². The van der Waals surface area contributed by atoms with Gasteiger partial charge in [-0.15, -0.1) is 0 Å². The maximum atomic E-state index is 13.2. The van der Waals surface area contributed by atoms with Crippen LogP contribution in [0, 0.1) is 5.92 Å². The van der Waals surface area contributed by atoms with Crippen LogP contribution in [-0.2, 0) is 26.2 Å². The summed E-state index contributed by atoms with van der Waals surface area (Å²) < 4.78 is 26.7. The molecule has 0 spiro atoms. The first-order valence-corrected chi connectivity index (χ1v) is 13.7. The van der Waals surface area contributed by atoms with E-state index >= 15 is 0 Å². The molecule has 0 saturated carbocycles. The predicted octanol–water partition coefficient (Wildman–Crippen LogP) is 4.58. The number of hydrogen-bond acceptors (Lipinski definition) is 4. The molecule has 2 rings (SSSR count). The van der Waals surface area contributed by atoms with Gasteiger partial charge in [0.05, 0.1) is 4.90 Å². The first-order valence-electron chi connectivity index (χ1n) is 11.5. The quantitative estimate of drug-likeness (QED) is 0.425. The lowest BCUT2D eigenvalue weighted by Gasteiger charge is -2.29. The lowest BCUT2D eigenvalue weighted by atomic mass is 10.1. The van der Waals surface area contributed by atoms with Gasteiger partial charge < -0.3 is 10.2 Å². The van der Waals surface area contributed by atoms with Crippen LogP contribution in [0.15, 0.2) is 53.4 Å². The molecule has 1 N–H and O–H groups in total. The van der Waals surface area contributed by atoms with Crippen LogP contribution in [-0.4, -0.2) is 55.6 Å². The molecule has 1 atom stereocenters. The minimum Gasteiger partial charge on any atom is -0.354 e. The van der Waals surface area contributed by atoms with Crippen LogP contribution in [0.1, 0.15) is 39.2 Å². The van der Waals surface area contributed by atoms with E-state index in [4.69, 9.17) is 23.2 Å². The van der Waals surface area contributed by atoms with E-state index in [2.05, 4.69) is 5.32 Å². The molecule has 2 aromatic carbocycles. The molecule has 0 saturated heterocycles. The van der Waals surface area contributed by atoms with Crippen molar-refractivity contribution < 1.29 is 18.0 Å². The van der Waals surface area contributed by atoms with Crippen molar-refractivity contribution in [3.05, 3.63) is 64.1 Å². The molecule has 35 heavy (non-hydrogen) atoms. The van der Waals surface area contributed by atoms with E-state index in [0.29, 0.717) is 28.6 Å². The Morgan fingerprint density at radius 1 is 1.03 bits per heavy atom. The summed E-state index contributed by atoms with van der Waals surface area (Å²) >= 11 is 12.3. The highest BCUT2D eigenvalue weighted by Gasteiger charge is 2.27. The maximum absolute atomic E-state index is 13.2. The number of benzene rings is 2. The zero-order valence-electron chi connectivity index (χ0n) is 20.5. The topological polar surface area (TPSA) is 86.8 Å². The summed E-state index contributed by atoms with van der Waals surface area (Å²) in [5.41, 5.74) is 0.664. The molecule has 0 aliphatic rings. The van der Waals surface area contributed by atoms with Gasteiger partial charge >= 0.3 is 0 Å². The number of amides is 2. The molecule has 192 valence electrons. The number of nitrogens with one attached hydrogen (secondary N) is 1. The van der Waals surface area contributed by atoms with Crippen molar-refractivity contribution in [2.45, 2.75) is 51.1 Å². The highest BCUT2D eigenvalue weighted by atomic mass is 35.5. The van der Waals surface area contributed by atoms with Crippen molar-refractivity contribution in [3.8, 4) is 0 Å². The molecule has 0 heterocycles. The number of carbonyl (C=O) groups excluding carboxylic acids is 2. The third-order valence-corrected chi connectivity index (χ3v) is 7.98. The second-order valence-electron chi connectivity index (χ2n) is 8.82. The van der Waals surface area contributed by atoms with Crippen LogP contribution >= 0.6 is 23.2 Å². The Morgan fingerprint density at radius 2 is 1.69 bits per heavy atom.